The highest BCUT2D eigenvalue weighted by molar-refractivity contribution is 7.89. The fraction of sp³-hybridized carbons (Fsp3) is 0.143. The van der Waals surface area contributed by atoms with E-state index in [4.69, 9.17) is 16.7 Å². The maximum absolute atomic E-state index is 11.2. The molecular weight excluding hydrogens is 244 g/mol. The lowest BCUT2D eigenvalue weighted by atomic mass is 10.3. The summed E-state index contributed by atoms with van der Waals surface area (Å²) in [5, 5.41) is 4.86. The fourth-order valence-corrected chi connectivity index (χ4v) is 1.70. The number of sulfonamides is 1. The van der Waals surface area contributed by atoms with Crippen molar-refractivity contribution in [2.45, 2.75) is 4.90 Å². The number of pyridine rings is 1. The molecule has 2 N–H and O–H groups in total. The van der Waals surface area contributed by atoms with E-state index in [9.17, 15) is 13.2 Å². The molecule has 0 unspecified atom stereocenters. The van der Waals surface area contributed by atoms with Crippen molar-refractivity contribution in [2.75, 3.05) is 7.11 Å². The molecule has 0 fully saturated rings. The van der Waals surface area contributed by atoms with Gasteiger partial charge in [0, 0.05) is 0 Å². The highest BCUT2D eigenvalue weighted by Crippen LogP contribution is 2.16. The monoisotopic (exact) mass is 250 g/mol. The van der Waals surface area contributed by atoms with Crippen LogP contribution in [0.5, 0.6) is 0 Å². The Morgan fingerprint density at radius 3 is 2.60 bits per heavy atom. The quantitative estimate of drug-likeness (QED) is 0.596. The van der Waals surface area contributed by atoms with E-state index in [1.807, 2.05) is 0 Å². The molecule has 0 aliphatic heterocycles. The lowest BCUT2D eigenvalue weighted by Gasteiger charge is -2.04. The molecule has 15 heavy (non-hydrogen) atoms. The third-order valence-electron chi connectivity index (χ3n) is 1.51. The van der Waals surface area contributed by atoms with Gasteiger partial charge < -0.3 is 4.74 Å². The van der Waals surface area contributed by atoms with Crippen LogP contribution in [0.4, 0.5) is 0 Å². The molecule has 0 aliphatic carbocycles. The number of esters is 1. The maximum atomic E-state index is 11.2. The highest BCUT2D eigenvalue weighted by Gasteiger charge is 2.21. The number of methoxy groups -OCH3 is 1. The van der Waals surface area contributed by atoms with E-state index in [2.05, 4.69) is 9.72 Å². The van der Waals surface area contributed by atoms with Crippen LogP contribution in [0.2, 0.25) is 5.15 Å². The van der Waals surface area contributed by atoms with Gasteiger partial charge in [0.05, 0.1) is 7.11 Å². The molecule has 1 aromatic heterocycles. The van der Waals surface area contributed by atoms with Crippen LogP contribution < -0.4 is 5.14 Å². The number of aromatic nitrogens is 1. The normalized spacial score (nSPS) is 11.1. The summed E-state index contributed by atoms with van der Waals surface area (Å²) < 4.78 is 26.5. The Bertz CT molecular complexity index is 500. The van der Waals surface area contributed by atoms with Gasteiger partial charge in [-0.15, -0.1) is 0 Å². The Hall–Kier alpha value is -1.18. The van der Waals surface area contributed by atoms with Crippen LogP contribution >= 0.6 is 11.6 Å². The number of nitrogens with two attached hydrogens (primary N) is 1. The van der Waals surface area contributed by atoms with Crippen LogP contribution in [0.15, 0.2) is 17.0 Å². The lowest BCUT2D eigenvalue weighted by molar-refractivity contribution is 0.0589. The first-order valence-electron chi connectivity index (χ1n) is 3.64. The van der Waals surface area contributed by atoms with Crippen LogP contribution in [-0.4, -0.2) is 26.5 Å². The van der Waals surface area contributed by atoms with Gasteiger partial charge in [0.2, 0.25) is 10.0 Å². The first kappa shape index (κ1) is 11.9. The number of carbonyl (C=O) groups is 1. The molecule has 0 amide bonds. The van der Waals surface area contributed by atoms with Gasteiger partial charge in [-0.3, -0.25) is 0 Å². The Morgan fingerprint density at radius 2 is 2.13 bits per heavy atom. The van der Waals surface area contributed by atoms with E-state index in [1.54, 1.807) is 0 Å². The standard InChI is InChI=1S/C7H7ClN2O4S/c1-14-7(11)6-4(15(9,12)13)2-3-5(8)10-6/h2-3H,1H3,(H2,9,12,13). The van der Waals surface area contributed by atoms with Gasteiger partial charge in [0.1, 0.15) is 10.0 Å². The summed E-state index contributed by atoms with van der Waals surface area (Å²) in [5.41, 5.74) is -0.424. The molecule has 0 spiro atoms. The Labute approximate surface area is 91.1 Å². The van der Waals surface area contributed by atoms with E-state index in [1.165, 1.54) is 6.07 Å². The molecular formula is C7H7ClN2O4S. The third kappa shape index (κ3) is 2.65. The predicted molar refractivity (Wildman–Crippen MR) is 52.0 cm³/mol. The molecule has 1 rings (SSSR count). The van der Waals surface area contributed by atoms with E-state index in [0.717, 1.165) is 13.2 Å². The molecule has 0 saturated heterocycles. The SMILES string of the molecule is COC(=O)c1nc(Cl)ccc1S(N)(=O)=O. The molecule has 0 bridgehead atoms. The minimum atomic E-state index is -4.03. The van der Waals surface area contributed by atoms with Crippen LogP contribution in [-0.2, 0) is 14.8 Å². The van der Waals surface area contributed by atoms with Crippen molar-refractivity contribution in [1.82, 2.24) is 4.98 Å². The number of primary sulfonamides is 1. The molecule has 1 aromatic rings. The summed E-state index contributed by atoms with van der Waals surface area (Å²) in [6.07, 6.45) is 0. The van der Waals surface area contributed by atoms with Crippen LogP contribution in [0.1, 0.15) is 10.5 Å². The van der Waals surface area contributed by atoms with Gasteiger partial charge in [0.15, 0.2) is 5.69 Å². The van der Waals surface area contributed by atoms with Crippen molar-refractivity contribution in [3.05, 3.63) is 23.0 Å². The number of hydrogen-bond donors (Lipinski definition) is 1. The molecule has 0 aromatic carbocycles. The number of halogens is 1. The van der Waals surface area contributed by atoms with Crippen LogP contribution in [0, 0.1) is 0 Å². The second-order valence-corrected chi connectivity index (χ2v) is 4.43. The van der Waals surface area contributed by atoms with Crippen molar-refractivity contribution in [3.8, 4) is 0 Å². The fourth-order valence-electron chi connectivity index (χ4n) is 0.895. The van der Waals surface area contributed by atoms with Gasteiger partial charge in [-0.25, -0.2) is 23.3 Å². The number of rotatable bonds is 2. The summed E-state index contributed by atoms with van der Waals surface area (Å²) >= 11 is 5.51. The molecule has 6 nitrogen and oxygen atoms in total. The summed E-state index contributed by atoms with van der Waals surface area (Å²) in [6, 6.07) is 2.31. The largest absolute Gasteiger partial charge is 0.464 e. The minimum Gasteiger partial charge on any atom is -0.464 e. The van der Waals surface area contributed by atoms with Gasteiger partial charge in [-0.1, -0.05) is 11.6 Å². The van der Waals surface area contributed by atoms with Crippen molar-refractivity contribution in [1.29, 1.82) is 0 Å². The molecule has 0 aliphatic rings. The summed E-state index contributed by atoms with van der Waals surface area (Å²) in [7, 11) is -2.93. The Kier molecular flexibility index (Phi) is 3.28. The second kappa shape index (κ2) is 4.13. The predicted octanol–water partition coefficient (Wildman–Crippen LogP) is 0.169. The third-order valence-corrected chi connectivity index (χ3v) is 2.66. The maximum Gasteiger partial charge on any atom is 0.358 e. The van der Waals surface area contributed by atoms with Gasteiger partial charge in [-0.05, 0) is 12.1 Å². The summed E-state index contributed by atoms with van der Waals surface area (Å²) in [6.45, 7) is 0. The average Bonchev–Trinajstić information content (AvgIpc) is 2.14. The zero-order valence-corrected chi connectivity index (χ0v) is 9.17. The Morgan fingerprint density at radius 1 is 1.53 bits per heavy atom. The average molecular weight is 251 g/mol. The summed E-state index contributed by atoms with van der Waals surface area (Å²) in [5.74, 6) is -0.915. The van der Waals surface area contributed by atoms with Gasteiger partial charge in [-0.2, -0.15) is 0 Å². The number of ether oxygens (including phenoxy) is 1. The van der Waals surface area contributed by atoms with Crippen molar-refractivity contribution in [3.63, 3.8) is 0 Å². The van der Waals surface area contributed by atoms with Crippen LogP contribution in [0.25, 0.3) is 0 Å². The van der Waals surface area contributed by atoms with Crippen molar-refractivity contribution in [2.24, 2.45) is 5.14 Å². The Balaban J connectivity index is 3.47. The van der Waals surface area contributed by atoms with Crippen LogP contribution in [0.3, 0.4) is 0 Å². The smallest absolute Gasteiger partial charge is 0.358 e. The first-order valence-corrected chi connectivity index (χ1v) is 5.56. The molecule has 1 heterocycles. The second-order valence-electron chi connectivity index (χ2n) is 2.52. The molecule has 0 radical (unpaired) electrons. The van der Waals surface area contributed by atoms with E-state index >= 15 is 0 Å². The molecule has 0 saturated carbocycles. The molecule has 8 heteroatoms. The number of carbonyl (C=O) groups excluding carboxylic acids is 1. The topological polar surface area (TPSA) is 99.3 Å². The summed E-state index contributed by atoms with van der Waals surface area (Å²) in [4.78, 5) is 14.3. The first-order chi connectivity index (χ1) is 6.86. The zero-order valence-electron chi connectivity index (χ0n) is 7.60. The lowest BCUT2D eigenvalue weighted by Crippen LogP contribution is -2.18. The van der Waals surface area contributed by atoms with Crippen molar-refractivity contribution < 1.29 is 17.9 Å². The highest BCUT2D eigenvalue weighted by atomic mass is 35.5. The van der Waals surface area contributed by atoms with Crippen molar-refractivity contribution >= 4 is 27.6 Å². The van der Waals surface area contributed by atoms with Gasteiger partial charge in [0.25, 0.3) is 0 Å². The minimum absolute atomic E-state index is 0.0252. The van der Waals surface area contributed by atoms with E-state index < -0.39 is 26.6 Å². The van der Waals surface area contributed by atoms with E-state index in [-0.39, 0.29) is 5.15 Å². The van der Waals surface area contributed by atoms with Gasteiger partial charge >= 0.3 is 5.97 Å². The molecule has 82 valence electrons. The zero-order chi connectivity index (χ0) is 11.6. The van der Waals surface area contributed by atoms with E-state index in [0.29, 0.717) is 0 Å². The molecule has 0 atom stereocenters. The number of nitrogens with zero attached hydrogens (tertiary/aromatic N) is 1. The number of hydrogen-bond acceptors (Lipinski definition) is 5.